The number of anilines is 1. The van der Waals surface area contributed by atoms with E-state index in [1.165, 1.54) is 14.0 Å². The number of carboxylic acid groups (broad SMARTS) is 1. The van der Waals surface area contributed by atoms with E-state index in [4.69, 9.17) is 4.74 Å². The third-order valence-corrected chi connectivity index (χ3v) is 2.05. The smallest absolute Gasteiger partial charge is 0.319 e. The van der Waals surface area contributed by atoms with Crippen molar-refractivity contribution >= 4 is 17.7 Å². The molecule has 0 spiro atoms. The zero-order chi connectivity index (χ0) is 12.8. The number of carbonyl (C=O) groups excluding carboxylic acids is 2. The summed E-state index contributed by atoms with van der Waals surface area (Å²) in [6.45, 7) is 1.32. The maximum Gasteiger partial charge on any atom is 0.319 e. The molecule has 1 atom stereocenters. The molecule has 2 amide bonds. The van der Waals surface area contributed by atoms with Gasteiger partial charge in [-0.3, -0.25) is 0 Å². The van der Waals surface area contributed by atoms with E-state index < -0.39 is 18.0 Å². The van der Waals surface area contributed by atoms with E-state index in [0.29, 0.717) is 11.4 Å². The molecule has 2 N–H and O–H groups in total. The minimum Gasteiger partial charge on any atom is -0.548 e. The molecule has 1 aromatic carbocycles. The van der Waals surface area contributed by atoms with Crippen LogP contribution >= 0.6 is 0 Å². The van der Waals surface area contributed by atoms with Gasteiger partial charge in [-0.2, -0.15) is 0 Å². The SMILES string of the molecule is COc1ccc(NC(=O)N[C@@H](C)C(=O)[O-])cc1. The fraction of sp³-hybridized carbons (Fsp3) is 0.273. The van der Waals surface area contributed by atoms with Crippen LogP contribution in [0, 0.1) is 0 Å². The monoisotopic (exact) mass is 237 g/mol. The van der Waals surface area contributed by atoms with Gasteiger partial charge in [0.2, 0.25) is 0 Å². The second-order valence-electron chi connectivity index (χ2n) is 3.37. The molecule has 0 saturated heterocycles. The van der Waals surface area contributed by atoms with E-state index in [9.17, 15) is 14.7 Å². The second-order valence-corrected chi connectivity index (χ2v) is 3.37. The van der Waals surface area contributed by atoms with Gasteiger partial charge in [-0.1, -0.05) is 0 Å². The molecule has 0 heterocycles. The number of nitrogens with one attached hydrogen (secondary N) is 2. The lowest BCUT2D eigenvalue weighted by atomic mass is 10.3. The fourth-order valence-electron chi connectivity index (χ4n) is 1.10. The number of ether oxygens (including phenoxy) is 1. The summed E-state index contributed by atoms with van der Waals surface area (Å²) in [5.74, 6) is -0.672. The van der Waals surface area contributed by atoms with Crippen LogP contribution in [0.5, 0.6) is 5.75 Å². The molecule has 6 nitrogen and oxygen atoms in total. The Morgan fingerprint density at radius 3 is 2.35 bits per heavy atom. The summed E-state index contributed by atoms with van der Waals surface area (Å²) in [4.78, 5) is 21.7. The zero-order valence-electron chi connectivity index (χ0n) is 9.52. The van der Waals surface area contributed by atoms with Crippen LogP contribution in [0.1, 0.15) is 6.92 Å². The highest BCUT2D eigenvalue weighted by Gasteiger charge is 2.07. The van der Waals surface area contributed by atoms with Crippen molar-refractivity contribution in [1.29, 1.82) is 0 Å². The average Bonchev–Trinajstić information content (AvgIpc) is 2.29. The number of carboxylic acids is 1. The van der Waals surface area contributed by atoms with Crippen LogP contribution in [-0.2, 0) is 4.79 Å². The van der Waals surface area contributed by atoms with Crippen LogP contribution in [0.2, 0.25) is 0 Å². The molecular weight excluding hydrogens is 224 g/mol. The van der Waals surface area contributed by atoms with Crippen molar-refractivity contribution in [3.63, 3.8) is 0 Å². The zero-order valence-corrected chi connectivity index (χ0v) is 9.52. The second kappa shape index (κ2) is 5.74. The summed E-state index contributed by atoms with van der Waals surface area (Å²) >= 11 is 0. The summed E-state index contributed by atoms with van der Waals surface area (Å²) in [6, 6.07) is 4.99. The number of amides is 2. The molecule has 1 aromatic rings. The number of benzene rings is 1. The van der Waals surface area contributed by atoms with Crippen LogP contribution in [-0.4, -0.2) is 25.2 Å². The van der Waals surface area contributed by atoms with Crippen LogP contribution in [0.15, 0.2) is 24.3 Å². The molecule has 1 rings (SSSR count). The first kappa shape index (κ1) is 12.8. The van der Waals surface area contributed by atoms with Gasteiger partial charge in [0.05, 0.1) is 19.1 Å². The van der Waals surface area contributed by atoms with Crippen LogP contribution in [0.4, 0.5) is 10.5 Å². The van der Waals surface area contributed by atoms with Crippen LogP contribution in [0.3, 0.4) is 0 Å². The number of hydrogen-bond donors (Lipinski definition) is 2. The molecule has 0 aliphatic heterocycles. The van der Waals surface area contributed by atoms with Gasteiger partial charge >= 0.3 is 6.03 Å². The molecular formula is C11H13N2O4-. The summed E-state index contributed by atoms with van der Waals surface area (Å²) in [5.41, 5.74) is 0.536. The maximum absolute atomic E-state index is 11.3. The standard InChI is InChI=1S/C11H14N2O4/c1-7(10(14)15)12-11(16)13-8-3-5-9(17-2)6-4-8/h3-7H,1-2H3,(H,14,15)(H2,12,13,16)/p-1/t7-/m0/s1. The Kier molecular flexibility index (Phi) is 4.33. The Morgan fingerprint density at radius 2 is 1.88 bits per heavy atom. The van der Waals surface area contributed by atoms with Gasteiger partial charge in [-0.15, -0.1) is 0 Å². The van der Waals surface area contributed by atoms with Crippen LogP contribution < -0.4 is 20.5 Å². The Bertz CT molecular complexity index is 402. The van der Waals surface area contributed by atoms with Gasteiger partial charge < -0.3 is 25.3 Å². The first-order valence-corrected chi connectivity index (χ1v) is 4.95. The molecule has 0 radical (unpaired) electrons. The molecule has 0 bridgehead atoms. The molecule has 0 aliphatic carbocycles. The number of urea groups is 1. The number of methoxy groups -OCH3 is 1. The van der Waals surface area contributed by atoms with Crippen molar-refractivity contribution in [3.05, 3.63) is 24.3 Å². The minimum absolute atomic E-state index is 0.536. The third kappa shape index (κ3) is 4.02. The highest BCUT2D eigenvalue weighted by Crippen LogP contribution is 2.14. The molecule has 0 unspecified atom stereocenters. The average molecular weight is 237 g/mol. The van der Waals surface area contributed by atoms with E-state index in [-0.39, 0.29) is 0 Å². The summed E-state index contributed by atoms with van der Waals surface area (Å²) in [7, 11) is 1.54. The summed E-state index contributed by atoms with van der Waals surface area (Å²) < 4.78 is 4.96. The predicted octanol–water partition coefficient (Wildman–Crippen LogP) is -0.0449. The Balaban J connectivity index is 2.53. The number of hydrogen-bond acceptors (Lipinski definition) is 4. The topological polar surface area (TPSA) is 90.5 Å². The quantitative estimate of drug-likeness (QED) is 0.768. The Labute approximate surface area is 98.6 Å². The molecule has 0 saturated carbocycles. The van der Waals surface area contributed by atoms with Gasteiger partial charge in [0.25, 0.3) is 0 Å². The molecule has 6 heteroatoms. The van der Waals surface area contributed by atoms with Gasteiger partial charge in [0.1, 0.15) is 5.75 Å². The summed E-state index contributed by atoms with van der Waals surface area (Å²) in [6.07, 6.45) is 0. The Morgan fingerprint density at radius 1 is 1.29 bits per heavy atom. The van der Waals surface area contributed by atoms with E-state index in [1.807, 2.05) is 0 Å². The highest BCUT2D eigenvalue weighted by atomic mass is 16.5. The number of carbonyl (C=O) groups is 2. The molecule has 92 valence electrons. The summed E-state index contributed by atoms with van der Waals surface area (Å²) in [5, 5.41) is 15.1. The number of aliphatic carboxylic acids is 1. The maximum atomic E-state index is 11.3. The van der Waals surface area contributed by atoms with E-state index in [2.05, 4.69) is 10.6 Å². The lowest BCUT2D eigenvalue weighted by molar-refractivity contribution is -0.307. The number of rotatable bonds is 4. The third-order valence-electron chi connectivity index (χ3n) is 2.05. The van der Waals surface area contributed by atoms with Gasteiger partial charge in [-0.25, -0.2) is 4.79 Å². The van der Waals surface area contributed by atoms with Crippen LogP contribution in [0.25, 0.3) is 0 Å². The lowest BCUT2D eigenvalue weighted by Crippen LogP contribution is -2.47. The molecule has 0 fully saturated rings. The van der Waals surface area contributed by atoms with Crippen molar-refractivity contribution in [3.8, 4) is 5.75 Å². The normalized spacial score (nSPS) is 11.4. The molecule has 0 aliphatic rings. The predicted molar refractivity (Wildman–Crippen MR) is 59.6 cm³/mol. The first-order chi connectivity index (χ1) is 8.02. The van der Waals surface area contributed by atoms with Crippen molar-refractivity contribution in [2.75, 3.05) is 12.4 Å². The van der Waals surface area contributed by atoms with Crippen molar-refractivity contribution in [2.24, 2.45) is 0 Å². The van der Waals surface area contributed by atoms with Crippen molar-refractivity contribution in [1.82, 2.24) is 5.32 Å². The largest absolute Gasteiger partial charge is 0.548 e. The highest BCUT2D eigenvalue weighted by molar-refractivity contribution is 5.91. The van der Waals surface area contributed by atoms with E-state index in [1.54, 1.807) is 24.3 Å². The van der Waals surface area contributed by atoms with Crippen molar-refractivity contribution in [2.45, 2.75) is 13.0 Å². The van der Waals surface area contributed by atoms with Gasteiger partial charge in [0, 0.05) is 5.69 Å². The lowest BCUT2D eigenvalue weighted by Gasteiger charge is -2.15. The molecule has 17 heavy (non-hydrogen) atoms. The minimum atomic E-state index is -1.34. The van der Waals surface area contributed by atoms with E-state index >= 15 is 0 Å². The first-order valence-electron chi connectivity index (χ1n) is 4.95. The van der Waals surface area contributed by atoms with Gasteiger partial charge in [-0.05, 0) is 31.2 Å². The van der Waals surface area contributed by atoms with E-state index in [0.717, 1.165) is 0 Å². The Hall–Kier alpha value is -2.24. The molecule has 0 aromatic heterocycles. The van der Waals surface area contributed by atoms with Gasteiger partial charge in [0.15, 0.2) is 0 Å². The van der Waals surface area contributed by atoms with Crippen molar-refractivity contribution < 1.29 is 19.4 Å². The fourth-order valence-corrected chi connectivity index (χ4v) is 1.10.